The lowest BCUT2D eigenvalue weighted by Gasteiger charge is -2.04. The van der Waals surface area contributed by atoms with Crippen molar-refractivity contribution in [1.29, 1.82) is 0 Å². The molecule has 1 heteroatoms. The van der Waals surface area contributed by atoms with Crippen molar-refractivity contribution in [3.63, 3.8) is 0 Å². The lowest BCUT2D eigenvalue weighted by molar-refractivity contribution is -0.119. The SMILES string of the molecule is CCCCCCCC/C=C\CCCCCCCCCCCC(=O)CCCCCCCCCCCCCCCCCCCC. The van der Waals surface area contributed by atoms with E-state index in [4.69, 9.17) is 0 Å². The van der Waals surface area contributed by atoms with Crippen LogP contribution in [0.1, 0.15) is 251 Å². The minimum absolute atomic E-state index is 0.525. The highest BCUT2D eigenvalue weighted by Crippen LogP contribution is 2.16. The van der Waals surface area contributed by atoms with Gasteiger partial charge in [0, 0.05) is 12.8 Å². The average molecular weight is 603 g/mol. The fourth-order valence-electron chi connectivity index (χ4n) is 6.45. The first-order chi connectivity index (χ1) is 21.3. The molecule has 0 rings (SSSR count). The summed E-state index contributed by atoms with van der Waals surface area (Å²) in [6.07, 6.45) is 54.9. The summed E-state index contributed by atoms with van der Waals surface area (Å²) in [5.74, 6) is 0.525. The van der Waals surface area contributed by atoms with Crippen LogP contribution in [0.4, 0.5) is 0 Å². The van der Waals surface area contributed by atoms with Gasteiger partial charge in [0.15, 0.2) is 0 Å². The average Bonchev–Trinajstić information content (AvgIpc) is 3.01. The van der Waals surface area contributed by atoms with Crippen molar-refractivity contribution in [2.24, 2.45) is 0 Å². The lowest BCUT2D eigenvalue weighted by Crippen LogP contribution is -1.97. The number of unbranched alkanes of at least 4 members (excludes halogenated alkanes) is 32. The van der Waals surface area contributed by atoms with Gasteiger partial charge in [-0.2, -0.15) is 0 Å². The number of carbonyl (C=O) groups is 1. The van der Waals surface area contributed by atoms with Gasteiger partial charge in [-0.1, -0.05) is 212 Å². The van der Waals surface area contributed by atoms with Crippen LogP contribution >= 0.6 is 0 Å². The van der Waals surface area contributed by atoms with Crippen LogP contribution in [0.2, 0.25) is 0 Å². The van der Waals surface area contributed by atoms with Crippen LogP contribution in [0, 0.1) is 0 Å². The molecule has 0 saturated carbocycles. The summed E-state index contributed by atoms with van der Waals surface area (Å²) in [5, 5.41) is 0. The van der Waals surface area contributed by atoms with Crippen LogP contribution in [-0.4, -0.2) is 5.78 Å². The Morgan fingerprint density at radius 3 is 0.767 bits per heavy atom. The molecule has 0 aliphatic carbocycles. The third kappa shape index (κ3) is 39.4. The largest absolute Gasteiger partial charge is 0.300 e. The highest BCUT2D eigenvalue weighted by molar-refractivity contribution is 5.78. The highest BCUT2D eigenvalue weighted by Gasteiger charge is 2.02. The van der Waals surface area contributed by atoms with Crippen LogP contribution in [0.15, 0.2) is 12.2 Å². The van der Waals surface area contributed by atoms with Crippen molar-refractivity contribution in [2.75, 3.05) is 0 Å². The van der Waals surface area contributed by atoms with Gasteiger partial charge >= 0.3 is 0 Å². The van der Waals surface area contributed by atoms with Gasteiger partial charge in [0.25, 0.3) is 0 Å². The molecule has 1 nitrogen and oxygen atoms in total. The van der Waals surface area contributed by atoms with Crippen molar-refractivity contribution < 1.29 is 4.79 Å². The minimum Gasteiger partial charge on any atom is -0.300 e. The second kappa shape index (κ2) is 39.4. The van der Waals surface area contributed by atoms with Crippen LogP contribution in [0.25, 0.3) is 0 Å². The van der Waals surface area contributed by atoms with Gasteiger partial charge in [-0.05, 0) is 38.5 Å². The van der Waals surface area contributed by atoms with E-state index in [1.807, 2.05) is 0 Å². The minimum atomic E-state index is 0.525. The maximum Gasteiger partial charge on any atom is 0.132 e. The highest BCUT2D eigenvalue weighted by atomic mass is 16.1. The molecule has 0 radical (unpaired) electrons. The Kier molecular flexibility index (Phi) is 38.9. The van der Waals surface area contributed by atoms with Crippen LogP contribution < -0.4 is 0 Å². The lowest BCUT2D eigenvalue weighted by atomic mass is 10.0. The van der Waals surface area contributed by atoms with Gasteiger partial charge in [0.05, 0.1) is 0 Å². The molecular formula is C42H82O. The molecule has 0 aromatic heterocycles. The van der Waals surface area contributed by atoms with E-state index >= 15 is 0 Å². The molecule has 0 aliphatic rings. The molecule has 0 amide bonds. The molecule has 0 aliphatic heterocycles. The van der Waals surface area contributed by atoms with E-state index in [2.05, 4.69) is 26.0 Å². The van der Waals surface area contributed by atoms with Gasteiger partial charge in [-0.25, -0.2) is 0 Å². The fraction of sp³-hybridized carbons (Fsp3) is 0.929. The first-order valence-electron chi connectivity index (χ1n) is 20.5. The van der Waals surface area contributed by atoms with Gasteiger partial charge in [-0.15, -0.1) is 0 Å². The molecule has 0 aromatic rings. The van der Waals surface area contributed by atoms with E-state index in [-0.39, 0.29) is 0 Å². The molecule has 0 atom stereocenters. The molecule has 0 saturated heterocycles. The zero-order valence-electron chi connectivity index (χ0n) is 30.2. The first kappa shape index (κ1) is 42.4. The number of ketones is 1. The van der Waals surface area contributed by atoms with Crippen molar-refractivity contribution in [1.82, 2.24) is 0 Å². The first-order valence-corrected chi connectivity index (χ1v) is 20.5. The fourth-order valence-corrected chi connectivity index (χ4v) is 6.45. The van der Waals surface area contributed by atoms with Gasteiger partial charge in [0.1, 0.15) is 5.78 Å². The van der Waals surface area contributed by atoms with Crippen molar-refractivity contribution in [3.05, 3.63) is 12.2 Å². The third-order valence-corrected chi connectivity index (χ3v) is 9.53. The molecule has 0 fully saturated rings. The number of hydrogen-bond acceptors (Lipinski definition) is 1. The molecule has 0 N–H and O–H groups in total. The number of Topliss-reactive ketones (excluding diaryl/α,β-unsaturated/α-hetero) is 1. The maximum atomic E-state index is 12.2. The van der Waals surface area contributed by atoms with E-state index in [1.165, 1.54) is 212 Å². The zero-order chi connectivity index (χ0) is 31.2. The molecule has 0 spiro atoms. The Morgan fingerprint density at radius 2 is 0.512 bits per heavy atom. The van der Waals surface area contributed by atoms with Crippen molar-refractivity contribution in [2.45, 2.75) is 251 Å². The standard InChI is InChI=1S/C42H82O/c1-3-5-7-9-11-13-15-17-19-21-23-25-27-29-31-33-35-37-39-41-42(43)40-38-36-34-32-30-28-26-24-22-20-18-16-14-12-10-8-6-4-2/h17,19H,3-16,18,20-41H2,1-2H3/b19-17-. The van der Waals surface area contributed by atoms with Gasteiger partial charge in [-0.3, -0.25) is 4.79 Å². The van der Waals surface area contributed by atoms with E-state index in [1.54, 1.807) is 0 Å². The molecule has 0 unspecified atom stereocenters. The predicted molar refractivity (Wildman–Crippen MR) is 196 cm³/mol. The molecule has 256 valence electrons. The Balaban J connectivity index is 3.17. The summed E-state index contributed by atoms with van der Waals surface area (Å²) in [7, 11) is 0. The molecular weight excluding hydrogens is 520 g/mol. The van der Waals surface area contributed by atoms with E-state index < -0.39 is 0 Å². The number of allylic oxidation sites excluding steroid dienone is 2. The predicted octanol–water partition coefficient (Wildman–Crippen LogP) is 15.6. The third-order valence-electron chi connectivity index (χ3n) is 9.53. The summed E-state index contributed by atoms with van der Waals surface area (Å²) in [4.78, 5) is 12.2. The molecule has 0 heterocycles. The summed E-state index contributed by atoms with van der Waals surface area (Å²) < 4.78 is 0. The van der Waals surface area contributed by atoms with Crippen LogP contribution in [0.3, 0.4) is 0 Å². The van der Waals surface area contributed by atoms with E-state index in [0.29, 0.717) is 5.78 Å². The van der Waals surface area contributed by atoms with Crippen LogP contribution in [0.5, 0.6) is 0 Å². The van der Waals surface area contributed by atoms with E-state index in [9.17, 15) is 4.79 Å². The Hall–Kier alpha value is -0.590. The Morgan fingerprint density at radius 1 is 0.302 bits per heavy atom. The smallest absolute Gasteiger partial charge is 0.132 e. The monoisotopic (exact) mass is 603 g/mol. The number of carbonyl (C=O) groups excluding carboxylic acids is 1. The second-order valence-electron chi connectivity index (χ2n) is 14.0. The molecule has 43 heavy (non-hydrogen) atoms. The van der Waals surface area contributed by atoms with Crippen LogP contribution in [-0.2, 0) is 4.79 Å². The molecule has 0 bridgehead atoms. The van der Waals surface area contributed by atoms with Gasteiger partial charge in [0.2, 0.25) is 0 Å². The Labute approximate surface area is 273 Å². The Bertz CT molecular complexity index is 535. The van der Waals surface area contributed by atoms with Gasteiger partial charge < -0.3 is 0 Å². The normalized spacial score (nSPS) is 11.7. The maximum absolute atomic E-state index is 12.2. The van der Waals surface area contributed by atoms with Crippen molar-refractivity contribution in [3.8, 4) is 0 Å². The molecule has 0 aromatic carbocycles. The van der Waals surface area contributed by atoms with E-state index in [0.717, 1.165) is 25.7 Å². The summed E-state index contributed by atoms with van der Waals surface area (Å²) in [6.45, 7) is 4.59. The summed E-state index contributed by atoms with van der Waals surface area (Å²) in [6, 6.07) is 0. The second-order valence-corrected chi connectivity index (χ2v) is 14.0. The summed E-state index contributed by atoms with van der Waals surface area (Å²) >= 11 is 0. The quantitative estimate of drug-likeness (QED) is 0.0507. The zero-order valence-corrected chi connectivity index (χ0v) is 30.2. The number of hydrogen-bond donors (Lipinski definition) is 0. The summed E-state index contributed by atoms with van der Waals surface area (Å²) in [5.41, 5.74) is 0. The number of rotatable bonds is 38. The van der Waals surface area contributed by atoms with Crippen molar-refractivity contribution >= 4 is 5.78 Å². The topological polar surface area (TPSA) is 17.1 Å².